The summed E-state index contributed by atoms with van der Waals surface area (Å²) >= 11 is 0. The van der Waals surface area contributed by atoms with Crippen LogP contribution in [0.25, 0.3) is 0 Å². The highest BCUT2D eigenvalue weighted by molar-refractivity contribution is 5.40. The third-order valence-corrected chi connectivity index (χ3v) is 3.57. The fourth-order valence-electron chi connectivity index (χ4n) is 2.52. The van der Waals surface area contributed by atoms with E-state index in [1.54, 1.807) is 0 Å². The molecule has 2 heterocycles. The summed E-state index contributed by atoms with van der Waals surface area (Å²) < 4.78 is 7.41. The molecule has 1 aliphatic heterocycles. The Morgan fingerprint density at radius 3 is 3.16 bits per heavy atom. The van der Waals surface area contributed by atoms with Crippen molar-refractivity contribution >= 4 is 5.82 Å². The molecular weight excluding hydrogens is 240 g/mol. The average Bonchev–Trinajstić information content (AvgIpc) is 3.01. The third-order valence-electron chi connectivity index (χ3n) is 3.57. The molecule has 1 aliphatic rings. The highest BCUT2D eigenvalue weighted by Crippen LogP contribution is 2.26. The largest absolute Gasteiger partial charge is 0.493 e. The quantitative estimate of drug-likeness (QED) is 0.904. The molecule has 0 saturated carbocycles. The molecule has 1 aromatic carbocycles. The van der Waals surface area contributed by atoms with Gasteiger partial charge in [0.2, 0.25) is 0 Å². The van der Waals surface area contributed by atoms with Gasteiger partial charge in [-0.05, 0) is 30.0 Å². The highest BCUT2D eigenvalue weighted by atomic mass is 16.5. The maximum absolute atomic E-state index is 5.78. The zero-order valence-electron chi connectivity index (χ0n) is 11.1. The van der Waals surface area contributed by atoms with E-state index in [1.165, 1.54) is 11.1 Å². The van der Waals surface area contributed by atoms with Crippen molar-refractivity contribution in [2.45, 2.75) is 32.7 Å². The zero-order chi connectivity index (χ0) is 13.2. The van der Waals surface area contributed by atoms with Crippen molar-refractivity contribution < 1.29 is 4.74 Å². The fraction of sp³-hybridized carbons (Fsp3) is 0.429. The molecule has 3 rings (SSSR count). The smallest absolute Gasteiger partial charge is 0.169 e. The van der Waals surface area contributed by atoms with Gasteiger partial charge in [-0.25, -0.2) is 4.68 Å². The number of ether oxygens (including phenoxy) is 1. The molecule has 0 radical (unpaired) electrons. The maximum atomic E-state index is 5.78. The molecule has 5 nitrogen and oxygen atoms in total. The van der Waals surface area contributed by atoms with Crippen LogP contribution in [0, 0.1) is 0 Å². The summed E-state index contributed by atoms with van der Waals surface area (Å²) in [5, 5.41) is 8.02. The predicted molar refractivity (Wildman–Crippen MR) is 73.2 cm³/mol. The van der Waals surface area contributed by atoms with E-state index < -0.39 is 0 Å². The Bertz CT molecular complexity index is 591. The molecule has 0 unspecified atom stereocenters. The van der Waals surface area contributed by atoms with Gasteiger partial charge in [0.05, 0.1) is 12.3 Å². The SMILES string of the molecule is CCc1c(N)nnn1CCc1ccc2c(c1)CCO2. The Morgan fingerprint density at radius 2 is 2.32 bits per heavy atom. The minimum atomic E-state index is 0.546. The summed E-state index contributed by atoms with van der Waals surface area (Å²) in [6, 6.07) is 6.42. The number of rotatable bonds is 4. The molecule has 0 bridgehead atoms. The second kappa shape index (κ2) is 4.91. The lowest BCUT2D eigenvalue weighted by Crippen LogP contribution is -2.08. The van der Waals surface area contributed by atoms with Crippen molar-refractivity contribution in [2.75, 3.05) is 12.3 Å². The van der Waals surface area contributed by atoms with Gasteiger partial charge in [-0.3, -0.25) is 0 Å². The Kier molecular flexibility index (Phi) is 3.11. The van der Waals surface area contributed by atoms with Crippen molar-refractivity contribution in [3.63, 3.8) is 0 Å². The number of benzene rings is 1. The van der Waals surface area contributed by atoms with Crippen LogP contribution in [-0.2, 0) is 25.8 Å². The van der Waals surface area contributed by atoms with Crippen molar-refractivity contribution in [1.82, 2.24) is 15.0 Å². The van der Waals surface area contributed by atoms with Gasteiger partial charge in [0.25, 0.3) is 0 Å². The Hall–Kier alpha value is -2.04. The molecule has 0 fully saturated rings. The van der Waals surface area contributed by atoms with Gasteiger partial charge in [0.1, 0.15) is 5.75 Å². The van der Waals surface area contributed by atoms with E-state index in [9.17, 15) is 0 Å². The number of nitrogen functional groups attached to an aromatic ring is 1. The minimum Gasteiger partial charge on any atom is -0.493 e. The predicted octanol–water partition coefficient (Wildman–Crippen LogP) is 1.60. The molecular formula is C14H18N4O. The molecule has 0 atom stereocenters. The summed E-state index contributed by atoms with van der Waals surface area (Å²) in [7, 11) is 0. The maximum Gasteiger partial charge on any atom is 0.169 e. The lowest BCUT2D eigenvalue weighted by atomic mass is 10.1. The van der Waals surface area contributed by atoms with Gasteiger partial charge >= 0.3 is 0 Å². The number of anilines is 1. The van der Waals surface area contributed by atoms with E-state index in [2.05, 4.69) is 35.4 Å². The van der Waals surface area contributed by atoms with Gasteiger partial charge in [-0.2, -0.15) is 0 Å². The van der Waals surface area contributed by atoms with Crippen LogP contribution in [0.1, 0.15) is 23.7 Å². The van der Waals surface area contributed by atoms with Crippen LogP contribution in [-0.4, -0.2) is 21.6 Å². The van der Waals surface area contributed by atoms with Crippen molar-refractivity contribution in [3.8, 4) is 5.75 Å². The first-order valence-electron chi connectivity index (χ1n) is 6.70. The number of nitrogens with zero attached hydrogens (tertiary/aromatic N) is 3. The molecule has 2 N–H and O–H groups in total. The second-order valence-corrected chi connectivity index (χ2v) is 4.79. The van der Waals surface area contributed by atoms with Crippen LogP contribution in [0.4, 0.5) is 5.82 Å². The first-order valence-corrected chi connectivity index (χ1v) is 6.70. The van der Waals surface area contributed by atoms with Gasteiger partial charge in [0.15, 0.2) is 5.82 Å². The molecule has 100 valence electrons. The van der Waals surface area contributed by atoms with E-state index in [-0.39, 0.29) is 0 Å². The number of hydrogen-bond acceptors (Lipinski definition) is 4. The van der Waals surface area contributed by atoms with Crippen LogP contribution in [0.15, 0.2) is 18.2 Å². The summed E-state index contributed by atoms with van der Waals surface area (Å²) in [5.41, 5.74) is 9.42. The highest BCUT2D eigenvalue weighted by Gasteiger charge is 2.12. The number of hydrogen-bond donors (Lipinski definition) is 1. The van der Waals surface area contributed by atoms with E-state index >= 15 is 0 Å². The molecule has 0 spiro atoms. The lowest BCUT2D eigenvalue weighted by Gasteiger charge is -2.06. The van der Waals surface area contributed by atoms with Gasteiger partial charge < -0.3 is 10.5 Å². The zero-order valence-corrected chi connectivity index (χ0v) is 11.1. The molecule has 5 heteroatoms. The van der Waals surface area contributed by atoms with Crippen molar-refractivity contribution in [1.29, 1.82) is 0 Å². The molecule has 2 aromatic rings. The first kappa shape index (κ1) is 12.0. The van der Waals surface area contributed by atoms with Crippen molar-refractivity contribution in [3.05, 3.63) is 35.0 Å². The van der Waals surface area contributed by atoms with Crippen LogP contribution in [0.3, 0.4) is 0 Å². The number of aryl methyl sites for hydroxylation is 2. The van der Waals surface area contributed by atoms with Crippen LogP contribution in [0.5, 0.6) is 5.75 Å². The minimum absolute atomic E-state index is 0.546. The van der Waals surface area contributed by atoms with E-state index in [4.69, 9.17) is 10.5 Å². The Labute approximate surface area is 112 Å². The summed E-state index contributed by atoms with van der Waals surface area (Å²) in [6.07, 6.45) is 2.81. The van der Waals surface area contributed by atoms with Gasteiger partial charge in [0, 0.05) is 13.0 Å². The summed E-state index contributed by atoms with van der Waals surface area (Å²) in [5.74, 6) is 1.58. The molecule has 19 heavy (non-hydrogen) atoms. The topological polar surface area (TPSA) is 66.0 Å². The lowest BCUT2D eigenvalue weighted by molar-refractivity contribution is 0.357. The Balaban J connectivity index is 1.72. The first-order chi connectivity index (χ1) is 9.28. The standard InChI is InChI=1S/C14H18N4O/c1-2-12-14(15)16-17-18(12)7-5-10-3-4-13-11(9-10)6-8-19-13/h3-4,9H,2,5-8,15H2,1H3. The second-order valence-electron chi connectivity index (χ2n) is 4.79. The molecule has 0 saturated heterocycles. The molecule has 0 aliphatic carbocycles. The summed E-state index contributed by atoms with van der Waals surface area (Å²) in [4.78, 5) is 0. The van der Waals surface area contributed by atoms with E-state index in [0.29, 0.717) is 5.82 Å². The third kappa shape index (κ3) is 2.28. The van der Waals surface area contributed by atoms with Gasteiger partial charge in [-0.1, -0.05) is 24.3 Å². The monoisotopic (exact) mass is 258 g/mol. The molecule has 0 amide bonds. The fourth-order valence-corrected chi connectivity index (χ4v) is 2.52. The van der Waals surface area contributed by atoms with Crippen LogP contribution < -0.4 is 10.5 Å². The number of fused-ring (bicyclic) bond motifs is 1. The summed E-state index contributed by atoms with van der Waals surface area (Å²) in [6.45, 7) is 3.68. The number of nitrogens with two attached hydrogens (primary N) is 1. The van der Waals surface area contributed by atoms with E-state index in [0.717, 1.165) is 43.9 Å². The van der Waals surface area contributed by atoms with Gasteiger partial charge in [-0.15, -0.1) is 5.10 Å². The van der Waals surface area contributed by atoms with Crippen LogP contribution in [0.2, 0.25) is 0 Å². The number of aromatic nitrogens is 3. The Morgan fingerprint density at radius 1 is 1.42 bits per heavy atom. The average molecular weight is 258 g/mol. The van der Waals surface area contributed by atoms with E-state index in [1.807, 2.05) is 4.68 Å². The normalized spacial score (nSPS) is 13.3. The van der Waals surface area contributed by atoms with Crippen molar-refractivity contribution in [2.24, 2.45) is 0 Å². The molecule has 1 aromatic heterocycles. The van der Waals surface area contributed by atoms with Crippen LogP contribution >= 0.6 is 0 Å².